The molecule has 0 aliphatic carbocycles. The molecule has 1 heterocycles. The predicted molar refractivity (Wildman–Crippen MR) is 92.1 cm³/mol. The normalized spacial score (nSPS) is 10.5. The van der Waals surface area contributed by atoms with E-state index in [1.54, 1.807) is 41.3 Å². The maximum absolute atomic E-state index is 13.3. The standard InChI is InChI=1S/C18H18FN5O2/c1-2-23(11-14-4-3-5-15(19)10-14)18(25)12-26-17-8-6-16(7-9-17)24-13-20-21-22-24/h3-10,13H,2,11-12H2,1H3. The molecule has 1 aromatic heterocycles. The second-order valence-corrected chi connectivity index (χ2v) is 5.57. The lowest BCUT2D eigenvalue weighted by Gasteiger charge is -2.21. The van der Waals surface area contributed by atoms with E-state index < -0.39 is 0 Å². The molecular formula is C18H18FN5O2. The molecule has 26 heavy (non-hydrogen) atoms. The molecule has 0 spiro atoms. The number of rotatable bonds is 7. The summed E-state index contributed by atoms with van der Waals surface area (Å²) in [6.45, 7) is 2.64. The third-order valence-electron chi connectivity index (χ3n) is 3.81. The van der Waals surface area contributed by atoms with Gasteiger partial charge in [0.05, 0.1) is 5.69 Å². The number of aromatic nitrogens is 4. The van der Waals surface area contributed by atoms with E-state index in [2.05, 4.69) is 15.5 Å². The Balaban J connectivity index is 1.56. The molecule has 134 valence electrons. The molecule has 2 aromatic carbocycles. The SMILES string of the molecule is CCN(Cc1cccc(F)c1)C(=O)COc1ccc(-n2cnnn2)cc1. The zero-order valence-corrected chi connectivity index (χ0v) is 14.2. The largest absolute Gasteiger partial charge is 0.484 e. The number of halogens is 1. The van der Waals surface area contributed by atoms with Crippen molar-refractivity contribution in [2.24, 2.45) is 0 Å². The summed E-state index contributed by atoms with van der Waals surface area (Å²) < 4.78 is 20.4. The highest BCUT2D eigenvalue weighted by atomic mass is 19.1. The highest BCUT2D eigenvalue weighted by Crippen LogP contribution is 2.15. The lowest BCUT2D eigenvalue weighted by Crippen LogP contribution is -2.34. The van der Waals surface area contributed by atoms with Crippen LogP contribution in [0.2, 0.25) is 0 Å². The highest BCUT2D eigenvalue weighted by Gasteiger charge is 2.13. The lowest BCUT2D eigenvalue weighted by molar-refractivity contribution is -0.133. The van der Waals surface area contributed by atoms with Crippen molar-refractivity contribution in [1.29, 1.82) is 0 Å². The molecule has 0 atom stereocenters. The molecule has 3 rings (SSSR count). The Kier molecular flexibility index (Phi) is 5.52. The van der Waals surface area contributed by atoms with Crippen LogP contribution in [0.15, 0.2) is 54.9 Å². The van der Waals surface area contributed by atoms with Crippen molar-refractivity contribution in [1.82, 2.24) is 25.1 Å². The molecular weight excluding hydrogens is 337 g/mol. The zero-order chi connectivity index (χ0) is 18.4. The highest BCUT2D eigenvalue weighted by molar-refractivity contribution is 5.77. The van der Waals surface area contributed by atoms with Crippen molar-refractivity contribution in [2.45, 2.75) is 13.5 Å². The van der Waals surface area contributed by atoms with E-state index in [1.807, 2.05) is 6.92 Å². The molecule has 8 heteroatoms. The molecule has 0 saturated heterocycles. The fraction of sp³-hybridized carbons (Fsp3) is 0.222. The van der Waals surface area contributed by atoms with Crippen molar-refractivity contribution < 1.29 is 13.9 Å². The maximum Gasteiger partial charge on any atom is 0.260 e. The average Bonchev–Trinajstić information content (AvgIpc) is 3.19. The summed E-state index contributed by atoms with van der Waals surface area (Å²) in [6, 6.07) is 13.3. The van der Waals surface area contributed by atoms with Crippen LogP contribution in [-0.4, -0.2) is 44.2 Å². The first-order valence-corrected chi connectivity index (χ1v) is 8.14. The number of tetrazole rings is 1. The summed E-state index contributed by atoms with van der Waals surface area (Å²) >= 11 is 0. The second-order valence-electron chi connectivity index (χ2n) is 5.57. The molecule has 0 saturated carbocycles. The summed E-state index contributed by atoms with van der Waals surface area (Å²) in [5, 5.41) is 11.0. The average molecular weight is 355 g/mol. The van der Waals surface area contributed by atoms with Crippen LogP contribution in [0.4, 0.5) is 4.39 Å². The van der Waals surface area contributed by atoms with Crippen molar-refractivity contribution in [2.75, 3.05) is 13.2 Å². The van der Waals surface area contributed by atoms with E-state index in [0.717, 1.165) is 11.3 Å². The Morgan fingerprint density at radius 1 is 1.23 bits per heavy atom. The number of ether oxygens (including phenoxy) is 1. The number of hydrogen-bond donors (Lipinski definition) is 0. The van der Waals surface area contributed by atoms with Gasteiger partial charge in [0.25, 0.3) is 5.91 Å². The van der Waals surface area contributed by atoms with Crippen LogP contribution in [0.5, 0.6) is 5.75 Å². The van der Waals surface area contributed by atoms with E-state index in [9.17, 15) is 9.18 Å². The monoisotopic (exact) mass is 355 g/mol. The van der Waals surface area contributed by atoms with E-state index in [4.69, 9.17) is 4.74 Å². The molecule has 0 unspecified atom stereocenters. The molecule has 0 aliphatic heterocycles. The number of benzene rings is 2. The van der Waals surface area contributed by atoms with Crippen molar-refractivity contribution in [3.8, 4) is 11.4 Å². The van der Waals surface area contributed by atoms with Gasteiger partial charge in [0, 0.05) is 13.1 Å². The first-order chi connectivity index (χ1) is 12.7. The molecule has 7 nitrogen and oxygen atoms in total. The minimum absolute atomic E-state index is 0.0899. The molecule has 0 fully saturated rings. The quantitative estimate of drug-likeness (QED) is 0.650. The third kappa shape index (κ3) is 4.41. The Hall–Kier alpha value is -3.29. The molecule has 1 amide bonds. The number of amides is 1. The van der Waals surface area contributed by atoms with Gasteiger partial charge < -0.3 is 9.64 Å². The maximum atomic E-state index is 13.3. The number of nitrogens with zero attached hydrogens (tertiary/aromatic N) is 5. The summed E-state index contributed by atoms with van der Waals surface area (Å²) in [5.41, 5.74) is 1.53. The van der Waals surface area contributed by atoms with Crippen LogP contribution in [-0.2, 0) is 11.3 Å². The van der Waals surface area contributed by atoms with Crippen LogP contribution in [0.3, 0.4) is 0 Å². The molecule has 0 bridgehead atoms. The third-order valence-corrected chi connectivity index (χ3v) is 3.81. The molecule has 3 aromatic rings. The fourth-order valence-electron chi connectivity index (χ4n) is 2.44. The van der Waals surface area contributed by atoms with E-state index >= 15 is 0 Å². The minimum atomic E-state index is -0.315. The van der Waals surface area contributed by atoms with Crippen LogP contribution >= 0.6 is 0 Å². The van der Waals surface area contributed by atoms with Gasteiger partial charge in [-0.15, -0.1) is 5.10 Å². The Bertz CT molecular complexity index is 852. The zero-order valence-electron chi connectivity index (χ0n) is 14.2. The molecule has 0 aliphatic rings. The summed E-state index contributed by atoms with van der Waals surface area (Å²) in [6.07, 6.45) is 1.49. The van der Waals surface area contributed by atoms with Crippen molar-refractivity contribution in [3.05, 3.63) is 66.2 Å². The fourth-order valence-corrected chi connectivity index (χ4v) is 2.44. The first kappa shape index (κ1) is 17.5. The Labute approximate surface area is 150 Å². The van der Waals surface area contributed by atoms with Crippen LogP contribution < -0.4 is 4.74 Å². The number of likely N-dealkylation sites (N-methyl/N-ethyl adjacent to an activating group) is 1. The Morgan fingerprint density at radius 2 is 2.04 bits per heavy atom. The molecule has 0 N–H and O–H groups in total. The van der Waals surface area contributed by atoms with Gasteiger partial charge in [-0.2, -0.15) is 0 Å². The predicted octanol–water partition coefficient (Wildman–Crippen LogP) is 2.23. The van der Waals surface area contributed by atoms with Crippen LogP contribution in [0.1, 0.15) is 12.5 Å². The number of hydrogen-bond acceptors (Lipinski definition) is 5. The van der Waals surface area contributed by atoms with Gasteiger partial charge in [0.1, 0.15) is 17.9 Å². The summed E-state index contributed by atoms with van der Waals surface area (Å²) in [7, 11) is 0. The van der Waals surface area contributed by atoms with Gasteiger partial charge in [-0.1, -0.05) is 12.1 Å². The van der Waals surface area contributed by atoms with Crippen LogP contribution in [0, 0.1) is 5.82 Å². The van der Waals surface area contributed by atoms with Crippen molar-refractivity contribution in [3.63, 3.8) is 0 Å². The van der Waals surface area contributed by atoms with E-state index in [0.29, 0.717) is 18.8 Å². The van der Waals surface area contributed by atoms with Crippen LogP contribution in [0.25, 0.3) is 5.69 Å². The minimum Gasteiger partial charge on any atom is -0.484 e. The van der Waals surface area contributed by atoms with Gasteiger partial charge >= 0.3 is 0 Å². The van der Waals surface area contributed by atoms with Gasteiger partial charge in [0.2, 0.25) is 0 Å². The Morgan fingerprint density at radius 3 is 2.69 bits per heavy atom. The van der Waals surface area contributed by atoms with Gasteiger partial charge in [-0.05, 0) is 59.3 Å². The topological polar surface area (TPSA) is 73.1 Å². The molecule has 0 radical (unpaired) electrons. The van der Waals surface area contributed by atoms with E-state index in [-0.39, 0.29) is 18.3 Å². The number of carbonyl (C=O) groups is 1. The smallest absolute Gasteiger partial charge is 0.260 e. The van der Waals surface area contributed by atoms with Gasteiger partial charge in [-0.25, -0.2) is 9.07 Å². The second kappa shape index (κ2) is 8.19. The summed E-state index contributed by atoms with van der Waals surface area (Å²) in [4.78, 5) is 14.0. The number of carbonyl (C=O) groups excluding carboxylic acids is 1. The summed E-state index contributed by atoms with van der Waals surface area (Å²) in [5.74, 6) is 0.0863. The lowest BCUT2D eigenvalue weighted by atomic mass is 10.2. The van der Waals surface area contributed by atoms with Crippen molar-refractivity contribution >= 4 is 5.91 Å². The van der Waals surface area contributed by atoms with Gasteiger partial charge in [-0.3, -0.25) is 4.79 Å². The first-order valence-electron chi connectivity index (χ1n) is 8.14. The van der Waals surface area contributed by atoms with E-state index in [1.165, 1.54) is 23.1 Å². The van der Waals surface area contributed by atoms with Gasteiger partial charge in [0.15, 0.2) is 6.61 Å².